The van der Waals surface area contributed by atoms with E-state index in [0.29, 0.717) is 12.1 Å². The molecular formula is C13H14N4O. The average molecular weight is 242 g/mol. The lowest BCUT2D eigenvalue weighted by atomic mass is 10.0. The molecule has 0 saturated heterocycles. The minimum Gasteiger partial charge on any atom is -0.397 e. The van der Waals surface area contributed by atoms with Gasteiger partial charge in [0.1, 0.15) is 0 Å². The van der Waals surface area contributed by atoms with Gasteiger partial charge in [-0.3, -0.25) is 4.79 Å². The van der Waals surface area contributed by atoms with Gasteiger partial charge in [-0.15, -0.1) is 0 Å². The SMILES string of the molecule is Cc1cnn(-c2cc3c(cc2N)NC(=O)CC3)c1. The van der Waals surface area contributed by atoms with E-state index < -0.39 is 0 Å². The van der Waals surface area contributed by atoms with Gasteiger partial charge in [0.15, 0.2) is 0 Å². The number of hydrogen-bond donors (Lipinski definition) is 2. The molecule has 5 heteroatoms. The second-order valence-electron chi connectivity index (χ2n) is 4.58. The number of rotatable bonds is 1. The highest BCUT2D eigenvalue weighted by molar-refractivity contribution is 5.95. The number of hydrogen-bond acceptors (Lipinski definition) is 3. The van der Waals surface area contributed by atoms with Crippen molar-refractivity contribution in [2.45, 2.75) is 19.8 Å². The lowest BCUT2D eigenvalue weighted by Crippen LogP contribution is -2.19. The van der Waals surface area contributed by atoms with Crippen molar-refractivity contribution in [3.05, 3.63) is 35.7 Å². The standard InChI is InChI=1S/C13H14N4O/c1-8-6-15-17(7-8)12-4-9-2-3-13(18)16-11(9)5-10(12)14/h4-7H,2-3,14H2,1H3,(H,16,18). The van der Waals surface area contributed by atoms with E-state index >= 15 is 0 Å². The highest BCUT2D eigenvalue weighted by Crippen LogP contribution is 2.29. The molecule has 0 bridgehead atoms. The van der Waals surface area contributed by atoms with Crippen LogP contribution in [-0.4, -0.2) is 15.7 Å². The molecule has 3 N–H and O–H groups in total. The maximum Gasteiger partial charge on any atom is 0.224 e. The third-order valence-electron chi connectivity index (χ3n) is 3.11. The molecule has 18 heavy (non-hydrogen) atoms. The monoisotopic (exact) mass is 242 g/mol. The van der Waals surface area contributed by atoms with Crippen LogP contribution in [0.1, 0.15) is 17.5 Å². The molecule has 0 radical (unpaired) electrons. The molecule has 0 spiro atoms. The molecule has 0 saturated carbocycles. The van der Waals surface area contributed by atoms with Crippen molar-refractivity contribution in [3.63, 3.8) is 0 Å². The summed E-state index contributed by atoms with van der Waals surface area (Å²) in [6.45, 7) is 1.98. The number of benzene rings is 1. The van der Waals surface area contributed by atoms with Crippen molar-refractivity contribution < 1.29 is 4.79 Å². The third kappa shape index (κ3) is 1.73. The highest BCUT2D eigenvalue weighted by atomic mass is 16.1. The fourth-order valence-electron chi connectivity index (χ4n) is 2.18. The Hall–Kier alpha value is -2.30. The van der Waals surface area contributed by atoms with E-state index in [1.165, 1.54) is 0 Å². The van der Waals surface area contributed by atoms with Crippen molar-refractivity contribution in [1.82, 2.24) is 9.78 Å². The zero-order valence-electron chi connectivity index (χ0n) is 10.1. The second-order valence-corrected chi connectivity index (χ2v) is 4.58. The number of carbonyl (C=O) groups excluding carboxylic acids is 1. The van der Waals surface area contributed by atoms with Gasteiger partial charge in [0.25, 0.3) is 0 Å². The van der Waals surface area contributed by atoms with E-state index in [2.05, 4.69) is 10.4 Å². The fraction of sp³-hybridized carbons (Fsp3) is 0.231. The Balaban J connectivity index is 2.09. The van der Waals surface area contributed by atoms with E-state index in [4.69, 9.17) is 5.73 Å². The number of nitrogens with zero attached hydrogens (tertiary/aromatic N) is 2. The highest BCUT2D eigenvalue weighted by Gasteiger charge is 2.17. The number of anilines is 2. The minimum atomic E-state index is 0.0459. The van der Waals surface area contributed by atoms with Gasteiger partial charge >= 0.3 is 0 Å². The van der Waals surface area contributed by atoms with E-state index in [-0.39, 0.29) is 5.91 Å². The van der Waals surface area contributed by atoms with Crippen molar-refractivity contribution >= 4 is 17.3 Å². The number of nitrogens with one attached hydrogen (secondary N) is 1. The van der Waals surface area contributed by atoms with Crippen LogP contribution in [0.5, 0.6) is 0 Å². The van der Waals surface area contributed by atoms with Gasteiger partial charge in [0.05, 0.1) is 17.6 Å². The van der Waals surface area contributed by atoms with Crippen LogP contribution in [0, 0.1) is 6.92 Å². The molecule has 0 atom stereocenters. The van der Waals surface area contributed by atoms with Crippen molar-refractivity contribution in [1.29, 1.82) is 0 Å². The van der Waals surface area contributed by atoms with Crippen LogP contribution in [0.25, 0.3) is 5.69 Å². The normalized spacial score (nSPS) is 14.2. The van der Waals surface area contributed by atoms with Gasteiger partial charge in [-0.2, -0.15) is 5.10 Å². The smallest absolute Gasteiger partial charge is 0.224 e. The maximum absolute atomic E-state index is 11.3. The van der Waals surface area contributed by atoms with Crippen LogP contribution in [0.2, 0.25) is 0 Å². The second kappa shape index (κ2) is 3.87. The number of aryl methyl sites for hydroxylation is 2. The molecule has 1 aromatic carbocycles. The summed E-state index contributed by atoms with van der Waals surface area (Å²) in [5, 5.41) is 7.10. The van der Waals surface area contributed by atoms with Gasteiger partial charge in [0.2, 0.25) is 5.91 Å². The molecule has 92 valence electrons. The summed E-state index contributed by atoms with van der Waals surface area (Å²) in [6, 6.07) is 3.80. The van der Waals surface area contributed by atoms with E-state index in [1.54, 1.807) is 16.9 Å². The molecule has 5 nitrogen and oxygen atoms in total. The van der Waals surface area contributed by atoms with Gasteiger partial charge < -0.3 is 11.1 Å². The first-order valence-corrected chi connectivity index (χ1v) is 5.87. The summed E-state index contributed by atoms with van der Waals surface area (Å²) in [7, 11) is 0. The van der Waals surface area contributed by atoms with Crippen LogP contribution in [0.4, 0.5) is 11.4 Å². The molecule has 0 fully saturated rings. The number of nitrogen functional groups attached to an aromatic ring is 1. The summed E-state index contributed by atoms with van der Waals surface area (Å²) in [5.41, 5.74) is 10.5. The predicted molar refractivity (Wildman–Crippen MR) is 69.7 cm³/mol. The largest absolute Gasteiger partial charge is 0.397 e. The Kier molecular flexibility index (Phi) is 2.33. The van der Waals surface area contributed by atoms with Crippen LogP contribution < -0.4 is 11.1 Å². The Morgan fingerprint density at radius 2 is 2.22 bits per heavy atom. The van der Waals surface area contributed by atoms with E-state index in [9.17, 15) is 4.79 Å². The lowest BCUT2D eigenvalue weighted by molar-refractivity contribution is -0.116. The fourth-order valence-corrected chi connectivity index (χ4v) is 2.18. The maximum atomic E-state index is 11.3. The lowest BCUT2D eigenvalue weighted by Gasteiger charge is -2.19. The van der Waals surface area contributed by atoms with Gasteiger partial charge in [-0.1, -0.05) is 0 Å². The zero-order valence-corrected chi connectivity index (χ0v) is 10.1. The Bertz CT molecular complexity index is 630. The Morgan fingerprint density at radius 3 is 2.94 bits per heavy atom. The first-order valence-electron chi connectivity index (χ1n) is 5.87. The van der Waals surface area contributed by atoms with Crippen molar-refractivity contribution in [2.24, 2.45) is 0 Å². The first kappa shape index (κ1) is 10.8. The van der Waals surface area contributed by atoms with Gasteiger partial charge in [-0.25, -0.2) is 4.68 Å². The van der Waals surface area contributed by atoms with Crippen LogP contribution in [0.15, 0.2) is 24.5 Å². The summed E-state index contributed by atoms with van der Waals surface area (Å²) >= 11 is 0. The van der Waals surface area contributed by atoms with Crippen LogP contribution >= 0.6 is 0 Å². The Labute approximate surface area is 105 Å². The molecule has 0 unspecified atom stereocenters. The number of carbonyl (C=O) groups is 1. The number of amides is 1. The van der Waals surface area contributed by atoms with Crippen molar-refractivity contribution in [3.8, 4) is 5.69 Å². The predicted octanol–water partition coefficient (Wildman–Crippen LogP) is 1.65. The van der Waals surface area contributed by atoms with Crippen LogP contribution in [0.3, 0.4) is 0 Å². The molecular weight excluding hydrogens is 228 g/mol. The van der Waals surface area contributed by atoms with E-state index in [0.717, 1.165) is 28.9 Å². The van der Waals surface area contributed by atoms with Gasteiger partial charge in [-0.05, 0) is 36.6 Å². The summed E-state index contributed by atoms with van der Waals surface area (Å²) in [4.78, 5) is 11.3. The summed E-state index contributed by atoms with van der Waals surface area (Å²) < 4.78 is 1.77. The molecule has 3 rings (SSSR count). The third-order valence-corrected chi connectivity index (χ3v) is 3.11. The molecule has 1 aliphatic heterocycles. The average Bonchev–Trinajstić information content (AvgIpc) is 2.74. The van der Waals surface area contributed by atoms with Crippen molar-refractivity contribution in [2.75, 3.05) is 11.1 Å². The number of nitrogens with two attached hydrogens (primary N) is 1. The molecule has 2 heterocycles. The number of fused-ring (bicyclic) bond motifs is 1. The molecule has 1 aromatic heterocycles. The van der Waals surface area contributed by atoms with Gasteiger partial charge in [0, 0.05) is 18.3 Å². The Morgan fingerprint density at radius 1 is 1.39 bits per heavy atom. The molecule has 1 aliphatic rings. The van der Waals surface area contributed by atoms with E-state index in [1.807, 2.05) is 19.2 Å². The van der Waals surface area contributed by atoms with Crippen LogP contribution in [-0.2, 0) is 11.2 Å². The zero-order chi connectivity index (χ0) is 12.7. The first-order chi connectivity index (χ1) is 8.63. The number of aromatic nitrogens is 2. The summed E-state index contributed by atoms with van der Waals surface area (Å²) in [5.74, 6) is 0.0459. The molecule has 1 amide bonds. The molecule has 2 aromatic rings. The topological polar surface area (TPSA) is 72.9 Å². The minimum absolute atomic E-state index is 0.0459. The quantitative estimate of drug-likeness (QED) is 0.747. The molecule has 0 aliphatic carbocycles. The summed E-state index contributed by atoms with van der Waals surface area (Å²) in [6.07, 6.45) is 4.99.